The van der Waals surface area contributed by atoms with Crippen LogP contribution < -0.4 is 5.32 Å². The molecule has 0 aliphatic rings. The molecule has 4 heteroatoms. The van der Waals surface area contributed by atoms with E-state index in [1.54, 1.807) is 0 Å². The van der Waals surface area contributed by atoms with E-state index in [0.717, 1.165) is 17.0 Å². The summed E-state index contributed by atoms with van der Waals surface area (Å²) in [6, 6.07) is 19.3. The van der Waals surface area contributed by atoms with Gasteiger partial charge in [0.25, 0.3) is 0 Å². The second-order valence-corrected chi connectivity index (χ2v) is 5.84. The molecule has 3 aromatic rings. The average molecular weight is 328 g/mol. The number of aryl methyl sites for hydroxylation is 1. The van der Waals surface area contributed by atoms with Gasteiger partial charge in [-0.3, -0.25) is 0 Å². The standard InChI is InChI=1S/C18H14ClNOS/c1-12-3-2-4-15(11-12)20-18(22)17-10-9-16(21-17)13-5-7-14(19)8-6-13/h2-11H,1H3,(H,20,22). The predicted molar refractivity (Wildman–Crippen MR) is 95.7 cm³/mol. The molecule has 0 atom stereocenters. The molecule has 0 spiro atoms. The van der Waals surface area contributed by atoms with E-state index < -0.39 is 0 Å². The lowest BCUT2D eigenvalue weighted by Gasteiger charge is -2.06. The minimum absolute atomic E-state index is 0.561. The first kappa shape index (κ1) is 14.8. The molecule has 2 nitrogen and oxygen atoms in total. The number of thiocarbonyl (C=S) groups is 1. The van der Waals surface area contributed by atoms with Crippen molar-refractivity contribution in [3.05, 3.63) is 77.0 Å². The summed E-state index contributed by atoms with van der Waals surface area (Å²) in [5.41, 5.74) is 3.09. The van der Waals surface area contributed by atoms with Crippen LogP contribution in [0.4, 0.5) is 5.69 Å². The number of hydrogen-bond donors (Lipinski definition) is 1. The summed E-state index contributed by atoms with van der Waals surface area (Å²) in [6.45, 7) is 2.04. The van der Waals surface area contributed by atoms with Crippen LogP contribution in [0, 0.1) is 6.92 Å². The highest BCUT2D eigenvalue weighted by Crippen LogP contribution is 2.24. The molecule has 110 valence electrons. The van der Waals surface area contributed by atoms with Crippen molar-refractivity contribution in [1.29, 1.82) is 0 Å². The van der Waals surface area contributed by atoms with E-state index in [9.17, 15) is 0 Å². The first-order chi connectivity index (χ1) is 10.6. The van der Waals surface area contributed by atoms with Crippen LogP contribution in [0.5, 0.6) is 0 Å². The van der Waals surface area contributed by atoms with E-state index in [2.05, 4.69) is 5.32 Å². The summed E-state index contributed by atoms with van der Waals surface area (Å²) in [7, 11) is 0. The molecule has 3 rings (SSSR count). The summed E-state index contributed by atoms with van der Waals surface area (Å²) < 4.78 is 5.83. The summed E-state index contributed by atoms with van der Waals surface area (Å²) in [5.74, 6) is 1.40. The van der Waals surface area contributed by atoms with Crippen molar-refractivity contribution in [2.24, 2.45) is 0 Å². The van der Waals surface area contributed by atoms with Gasteiger partial charge in [0.1, 0.15) is 10.7 Å². The van der Waals surface area contributed by atoms with Crippen LogP contribution in [0.3, 0.4) is 0 Å². The molecule has 1 heterocycles. The third-order valence-corrected chi connectivity index (χ3v) is 3.79. The Balaban J connectivity index is 1.78. The fourth-order valence-electron chi connectivity index (χ4n) is 2.14. The maximum absolute atomic E-state index is 5.90. The molecule has 1 aromatic heterocycles. The van der Waals surface area contributed by atoms with Crippen molar-refractivity contribution in [2.45, 2.75) is 6.92 Å². The highest BCUT2D eigenvalue weighted by Gasteiger charge is 2.09. The second-order valence-electron chi connectivity index (χ2n) is 4.99. The summed E-state index contributed by atoms with van der Waals surface area (Å²) in [6.07, 6.45) is 0. The molecule has 0 saturated carbocycles. The van der Waals surface area contributed by atoms with Gasteiger partial charge in [0, 0.05) is 16.3 Å². The van der Waals surface area contributed by atoms with Gasteiger partial charge in [-0.1, -0.05) is 36.0 Å². The Morgan fingerprint density at radius 3 is 2.55 bits per heavy atom. The molecule has 0 fully saturated rings. The Hall–Kier alpha value is -2.10. The third kappa shape index (κ3) is 3.38. The van der Waals surface area contributed by atoms with Gasteiger partial charge in [0.15, 0.2) is 5.76 Å². The molecule has 2 aromatic carbocycles. The largest absolute Gasteiger partial charge is 0.454 e. The molecular formula is C18H14ClNOS. The monoisotopic (exact) mass is 327 g/mol. The lowest BCUT2D eigenvalue weighted by atomic mass is 10.2. The molecule has 0 unspecified atom stereocenters. The van der Waals surface area contributed by atoms with Crippen molar-refractivity contribution < 1.29 is 4.42 Å². The first-order valence-corrected chi connectivity index (χ1v) is 7.64. The van der Waals surface area contributed by atoms with E-state index in [0.29, 0.717) is 15.8 Å². The number of furan rings is 1. The maximum atomic E-state index is 5.90. The van der Waals surface area contributed by atoms with Gasteiger partial charge >= 0.3 is 0 Å². The van der Waals surface area contributed by atoms with Crippen molar-refractivity contribution in [3.63, 3.8) is 0 Å². The SMILES string of the molecule is Cc1cccc(NC(=S)c2ccc(-c3ccc(Cl)cc3)o2)c1. The fourth-order valence-corrected chi connectivity index (χ4v) is 2.50. The molecule has 1 N–H and O–H groups in total. The van der Waals surface area contributed by atoms with Crippen LogP contribution in [0.15, 0.2) is 65.1 Å². The van der Waals surface area contributed by atoms with Crippen LogP contribution in [-0.2, 0) is 0 Å². The van der Waals surface area contributed by atoms with Gasteiger partial charge in [-0.25, -0.2) is 0 Å². The Morgan fingerprint density at radius 2 is 1.82 bits per heavy atom. The highest BCUT2D eigenvalue weighted by molar-refractivity contribution is 7.81. The molecule has 0 saturated heterocycles. The van der Waals surface area contributed by atoms with Crippen LogP contribution in [0.2, 0.25) is 5.02 Å². The smallest absolute Gasteiger partial charge is 0.162 e. The predicted octanol–water partition coefficient (Wildman–Crippen LogP) is 5.70. The van der Waals surface area contributed by atoms with Gasteiger partial charge in [0.2, 0.25) is 0 Å². The number of anilines is 1. The van der Waals surface area contributed by atoms with Gasteiger partial charge in [-0.15, -0.1) is 0 Å². The fraction of sp³-hybridized carbons (Fsp3) is 0.0556. The Bertz CT molecular complexity index is 808. The van der Waals surface area contributed by atoms with Gasteiger partial charge < -0.3 is 9.73 Å². The number of halogens is 1. The van der Waals surface area contributed by atoms with Crippen LogP contribution >= 0.6 is 23.8 Å². The summed E-state index contributed by atoms with van der Waals surface area (Å²) in [4.78, 5) is 0.561. The number of rotatable bonds is 3. The molecule has 0 amide bonds. The Morgan fingerprint density at radius 1 is 1.05 bits per heavy atom. The zero-order valence-corrected chi connectivity index (χ0v) is 13.5. The van der Waals surface area contributed by atoms with Crippen molar-refractivity contribution in [1.82, 2.24) is 0 Å². The Labute approximate surface area is 139 Å². The third-order valence-electron chi connectivity index (χ3n) is 3.23. The van der Waals surface area contributed by atoms with Crippen molar-refractivity contribution >= 4 is 34.5 Å². The Kier molecular flexibility index (Phi) is 4.27. The van der Waals surface area contributed by atoms with E-state index >= 15 is 0 Å². The maximum Gasteiger partial charge on any atom is 0.162 e. The molecule has 0 aliphatic heterocycles. The highest BCUT2D eigenvalue weighted by atomic mass is 35.5. The zero-order chi connectivity index (χ0) is 15.5. The van der Waals surface area contributed by atoms with E-state index in [1.165, 1.54) is 5.56 Å². The van der Waals surface area contributed by atoms with E-state index in [-0.39, 0.29) is 0 Å². The van der Waals surface area contributed by atoms with Crippen molar-refractivity contribution in [3.8, 4) is 11.3 Å². The van der Waals surface area contributed by atoms with Crippen LogP contribution in [0.1, 0.15) is 11.3 Å². The van der Waals surface area contributed by atoms with Crippen molar-refractivity contribution in [2.75, 3.05) is 5.32 Å². The summed E-state index contributed by atoms with van der Waals surface area (Å²) >= 11 is 11.3. The van der Waals surface area contributed by atoms with Gasteiger partial charge in [0.05, 0.1) is 0 Å². The lowest BCUT2D eigenvalue weighted by Crippen LogP contribution is -2.09. The number of hydrogen-bond acceptors (Lipinski definition) is 2. The second kappa shape index (κ2) is 6.34. The molecular weight excluding hydrogens is 314 g/mol. The number of benzene rings is 2. The van der Waals surface area contributed by atoms with E-state index in [4.69, 9.17) is 28.2 Å². The number of nitrogens with one attached hydrogen (secondary N) is 1. The average Bonchev–Trinajstić information content (AvgIpc) is 2.98. The molecule has 0 aliphatic carbocycles. The van der Waals surface area contributed by atoms with Crippen LogP contribution in [0.25, 0.3) is 11.3 Å². The zero-order valence-electron chi connectivity index (χ0n) is 12.0. The topological polar surface area (TPSA) is 25.2 Å². The quantitative estimate of drug-likeness (QED) is 0.625. The molecule has 0 radical (unpaired) electrons. The lowest BCUT2D eigenvalue weighted by molar-refractivity contribution is 0.574. The minimum atomic E-state index is 0.561. The van der Waals surface area contributed by atoms with Gasteiger partial charge in [-0.2, -0.15) is 0 Å². The first-order valence-electron chi connectivity index (χ1n) is 6.85. The molecule has 0 bridgehead atoms. The molecule has 22 heavy (non-hydrogen) atoms. The normalized spacial score (nSPS) is 10.5. The van der Waals surface area contributed by atoms with Crippen LogP contribution in [-0.4, -0.2) is 4.99 Å². The minimum Gasteiger partial charge on any atom is -0.454 e. The van der Waals surface area contributed by atoms with E-state index in [1.807, 2.05) is 67.6 Å². The van der Waals surface area contributed by atoms with Gasteiger partial charge in [-0.05, 0) is 61.0 Å². The summed E-state index contributed by atoms with van der Waals surface area (Å²) in [5, 5.41) is 3.89.